The first-order valence-electron chi connectivity index (χ1n) is 7.49. The third-order valence-electron chi connectivity index (χ3n) is 3.84. The van der Waals surface area contributed by atoms with Gasteiger partial charge in [-0.1, -0.05) is 26.2 Å². The van der Waals surface area contributed by atoms with Gasteiger partial charge in [-0.3, -0.25) is 4.90 Å². The van der Waals surface area contributed by atoms with Gasteiger partial charge in [-0.15, -0.1) is 24.8 Å². The van der Waals surface area contributed by atoms with Crippen molar-refractivity contribution in [2.24, 2.45) is 0 Å². The number of rotatable bonds is 7. The van der Waals surface area contributed by atoms with Crippen LogP contribution in [-0.4, -0.2) is 36.2 Å². The largest absolute Gasteiger partial charge is 0.462 e. The average Bonchev–Trinajstić information content (AvgIpc) is 2.93. The van der Waals surface area contributed by atoms with Gasteiger partial charge in [-0.25, -0.2) is 0 Å². The number of aliphatic hydroxyl groups is 1. The summed E-state index contributed by atoms with van der Waals surface area (Å²) in [6.07, 6.45) is 4.90. The lowest BCUT2D eigenvalue weighted by Crippen LogP contribution is -2.45. The van der Waals surface area contributed by atoms with E-state index in [-0.39, 0.29) is 31.4 Å². The van der Waals surface area contributed by atoms with Crippen molar-refractivity contribution in [2.45, 2.75) is 45.3 Å². The molecule has 0 radical (unpaired) electrons. The molecule has 4 nitrogen and oxygen atoms in total. The second-order valence-electron chi connectivity index (χ2n) is 5.26. The fourth-order valence-electron chi connectivity index (χ4n) is 2.74. The highest BCUT2D eigenvalue weighted by atomic mass is 35.5. The summed E-state index contributed by atoms with van der Waals surface area (Å²) >= 11 is 0. The minimum atomic E-state index is -0.0107. The van der Waals surface area contributed by atoms with Gasteiger partial charge in [0.25, 0.3) is 0 Å². The first-order chi connectivity index (χ1) is 9.35. The van der Waals surface area contributed by atoms with Crippen molar-refractivity contribution in [1.29, 1.82) is 0 Å². The van der Waals surface area contributed by atoms with E-state index < -0.39 is 0 Å². The predicted molar refractivity (Wildman–Crippen MR) is 90.5 cm³/mol. The summed E-state index contributed by atoms with van der Waals surface area (Å²) in [4.78, 5) is 2.51. The standard InChI is InChI=1S/C15H26N2O2.2ClH/c1-2-3-4-5-14(17-10-8-16-9-11-17)15-7-6-13(12-18)19-15;;/h6-7,14,16,18H,2-5,8-12H2,1H3;2*1H/t14-;;/m1../s1. The van der Waals surface area contributed by atoms with Gasteiger partial charge in [-0.05, 0) is 18.6 Å². The predicted octanol–water partition coefficient (Wildman–Crippen LogP) is 3.14. The van der Waals surface area contributed by atoms with E-state index in [1.54, 1.807) is 0 Å². The third kappa shape index (κ3) is 6.17. The Kier molecular flexibility index (Phi) is 11.2. The van der Waals surface area contributed by atoms with Crippen molar-refractivity contribution in [3.05, 3.63) is 23.7 Å². The van der Waals surface area contributed by atoms with Gasteiger partial charge in [0, 0.05) is 26.2 Å². The van der Waals surface area contributed by atoms with Crippen molar-refractivity contribution < 1.29 is 9.52 Å². The maximum absolute atomic E-state index is 9.14. The molecule has 2 rings (SSSR count). The van der Waals surface area contributed by atoms with Gasteiger partial charge in [0.2, 0.25) is 0 Å². The lowest BCUT2D eigenvalue weighted by Gasteiger charge is -2.34. The summed E-state index contributed by atoms with van der Waals surface area (Å²) in [6, 6.07) is 4.29. The Bertz CT molecular complexity index is 368. The highest BCUT2D eigenvalue weighted by Crippen LogP contribution is 2.28. The number of unbranched alkanes of at least 4 members (excludes halogenated alkanes) is 2. The van der Waals surface area contributed by atoms with Gasteiger partial charge >= 0.3 is 0 Å². The summed E-state index contributed by atoms with van der Waals surface area (Å²) in [5.41, 5.74) is 0. The van der Waals surface area contributed by atoms with Gasteiger partial charge in [0.05, 0.1) is 6.04 Å². The fourth-order valence-corrected chi connectivity index (χ4v) is 2.74. The van der Waals surface area contributed by atoms with Crippen LogP contribution in [0.4, 0.5) is 0 Å². The third-order valence-corrected chi connectivity index (χ3v) is 3.84. The molecule has 1 aromatic heterocycles. The molecule has 1 fully saturated rings. The van der Waals surface area contributed by atoms with Crippen LogP contribution in [0, 0.1) is 0 Å². The van der Waals surface area contributed by atoms with Crippen LogP contribution in [0.2, 0.25) is 0 Å². The smallest absolute Gasteiger partial charge is 0.129 e. The molecule has 1 aromatic rings. The van der Waals surface area contributed by atoms with E-state index in [0.717, 1.165) is 38.4 Å². The van der Waals surface area contributed by atoms with Gasteiger partial charge in [-0.2, -0.15) is 0 Å². The zero-order valence-corrected chi connectivity index (χ0v) is 14.3. The fraction of sp³-hybridized carbons (Fsp3) is 0.733. The number of hydrogen-bond donors (Lipinski definition) is 2. The maximum atomic E-state index is 9.14. The number of furan rings is 1. The van der Waals surface area contributed by atoms with Gasteiger partial charge < -0.3 is 14.8 Å². The van der Waals surface area contributed by atoms with Crippen LogP contribution in [0.3, 0.4) is 0 Å². The van der Waals surface area contributed by atoms with Crippen molar-refractivity contribution >= 4 is 24.8 Å². The Morgan fingerprint density at radius 1 is 1.24 bits per heavy atom. The van der Waals surface area contributed by atoms with Crippen molar-refractivity contribution in [3.63, 3.8) is 0 Å². The Balaban J connectivity index is 0.00000200. The minimum Gasteiger partial charge on any atom is -0.462 e. The van der Waals surface area contributed by atoms with Crippen molar-refractivity contribution in [2.75, 3.05) is 26.2 Å². The minimum absolute atomic E-state index is 0. The van der Waals surface area contributed by atoms with E-state index in [1.807, 2.05) is 12.1 Å². The lowest BCUT2D eigenvalue weighted by molar-refractivity contribution is 0.139. The maximum Gasteiger partial charge on any atom is 0.129 e. The van der Waals surface area contributed by atoms with Crippen LogP contribution in [0.25, 0.3) is 0 Å². The van der Waals surface area contributed by atoms with Crippen molar-refractivity contribution in [1.82, 2.24) is 10.2 Å². The zero-order valence-electron chi connectivity index (χ0n) is 12.7. The Labute approximate surface area is 140 Å². The molecule has 1 aliphatic rings. The van der Waals surface area contributed by atoms with E-state index in [4.69, 9.17) is 9.52 Å². The van der Waals surface area contributed by atoms with Crippen LogP contribution in [0.5, 0.6) is 0 Å². The van der Waals surface area contributed by atoms with Crippen LogP contribution >= 0.6 is 24.8 Å². The number of hydrogen-bond acceptors (Lipinski definition) is 4. The first-order valence-corrected chi connectivity index (χ1v) is 7.49. The monoisotopic (exact) mass is 338 g/mol. The van der Waals surface area contributed by atoms with Gasteiger partial charge in [0.15, 0.2) is 0 Å². The second-order valence-corrected chi connectivity index (χ2v) is 5.26. The first kappa shape index (κ1) is 20.7. The summed E-state index contributed by atoms with van der Waals surface area (Å²) in [7, 11) is 0. The number of aliphatic hydroxyl groups excluding tert-OH is 1. The SMILES string of the molecule is CCCCC[C@H](c1ccc(CO)o1)N1CCNCC1.Cl.Cl. The zero-order chi connectivity index (χ0) is 13.5. The number of nitrogens with zero attached hydrogens (tertiary/aromatic N) is 1. The van der Waals surface area contributed by atoms with Crippen LogP contribution in [0.1, 0.15) is 50.2 Å². The summed E-state index contributed by atoms with van der Waals surface area (Å²) < 4.78 is 5.77. The number of nitrogens with one attached hydrogen (secondary N) is 1. The molecule has 0 spiro atoms. The molecule has 0 aromatic carbocycles. The molecule has 0 bridgehead atoms. The second kappa shape index (κ2) is 11.3. The molecule has 6 heteroatoms. The van der Waals surface area contributed by atoms with E-state index in [9.17, 15) is 0 Å². The molecule has 1 aliphatic heterocycles. The van der Waals surface area contributed by atoms with E-state index in [0.29, 0.717) is 11.8 Å². The molecular formula is C15H28Cl2N2O2. The molecule has 2 N–H and O–H groups in total. The van der Waals surface area contributed by atoms with Crippen LogP contribution in [0.15, 0.2) is 16.5 Å². The molecule has 124 valence electrons. The van der Waals surface area contributed by atoms with Crippen LogP contribution in [-0.2, 0) is 6.61 Å². The molecule has 0 unspecified atom stereocenters. The Morgan fingerprint density at radius 2 is 1.95 bits per heavy atom. The molecule has 1 atom stereocenters. The molecule has 21 heavy (non-hydrogen) atoms. The summed E-state index contributed by atoms with van der Waals surface area (Å²) in [5, 5.41) is 12.5. The Morgan fingerprint density at radius 3 is 2.52 bits per heavy atom. The van der Waals surface area contributed by atoms with Crippen LogP contribution < -0.4 is 5.32 Å². The molecular weight excluding hydrogens is 311 g/mol. The summed E-state index contributed by atoms with van der Waals surface area (Å²) in [6.45, 7) is 6.48. The molecule has 0 amide bonds. The molecule has 0 aliphatic carbocycles. The van der Waals surface area contributed by atoms with E-state index in [2.05, 4.69) is 17.1 Å². The molecule has 0 saturated carbocycles. The van der Waals surface area contributed by atoms with E-state index >= 15 is 0 Å². The normalized spacial score (nSPS) is 16.9. The topological polar surface area (TPSA) is 48.6 Å². The molecule has 1 saturated heterocycles. The summed E-state index contributed by atoms with van der Waals surface area (Å²) in [5.74, 6) is 1.69. The molecule has 2 heterocycles. The number of piperazine rings is 1. The lowest BCUT2D eigenvalue weighted by atomic mass is 10.0. The number of halogens is 2. The van der Waals surface area contributed by atoms with E-state index in [1.165, 1.54) is 19.3 Å². The quantitative estimate of drug-likeness (QED) is 0.750. The van der Waals surface area contributed by atoms with Gasteiger partial charge in [0.1, 0.15) is 18.1 Å². The highest BCUT2D eigenvalue weighted by molar-refractivity contribution is 5.85. The highest BCUT2D eigenvalue weighted by Gasteiger charge is 2.24. The van der Waals surface area contributed by atoms with Crippen molar-refractivity contribution in [3.8, 4) is 0 Å². The average molecular weight is 339 g/mol. The Hall–Kier alpha value is -0.260.